The van der Waals surface area contributed by atoms with Crippen LogP contribution in [0, 0.1) is 0 Å². The van der Waals surface area contributed by atoms with E-state index in [2.05, 4.69) is 4.99 Å². The summed E-state index contributed by atoms with van der Waals surface area (Å²) in [5.41, 5.74) is 2.32. The topological polar surface area (TPSA) is 54.7 Å². The largest absolute Gasteiger partial charge is 0.334 e. The van der Waals surface area contributed by atoms with Gasteiger partial charge in [0.2, 0.25) is 0 Å². The van der Waals surface area contributed by atoms with E-state index in [-0.39, 0.29) is 11.3 Å². The Morgan fingerprint density at radius 1 is 1.22 bits per heavy atom. The van der Waals surface area contributed by atoms with Crippen LogP contribution in [0.1, 0.15) is 22.8 Å². The predicted molar refractivity (Wildman–Crippen MR) is 108 cm³/mol. The molecule has 5 nitrogen and oxygen atoms in total. The number of fused-ring (bicyclic) bond motifs is 1. The molecule has 0 saturated heterocycles. The van der Waals surface area contributed by atoms with Crippen molar-refractivity contribution in [2.24, 2.45) is 4.99 Å². The van der Waals surface area contributed by atoms with E-state index in [4.69, 9.17) is 11.6 Å². The van der Waals surface area contributed by atoms with Gasteiger partial charge in [0, 0.05) is 16.3 Å². The number of thiazole rings is 1. The zero-order valence-electron chi connectivity index (χ0n) is 14.6. The van der Waals surface area contributed by atoms with E-state index < -0.39 is 0 Å². The Labute approximate surface area is 164 Å². The molecule has 0 fully saturated rings. The second kappa shape index (κ2) is 7.13. The number of rotatable bonds is 3. The molecule has 0 aliphatic carbocycles. The Bertz CT molecular complexity index is 1210. The lowest BCUT2D eigenvalue weighted by Gasteiger charge is -2.25. The van der Waals surface area contributed by atoms with Crippen molar-refractivity contribution in [1.29, 1.82) is 0 Å². The average molecular weight is 398 g/mol. The van der Waals surface area contributed by atoms with Crippen LogP contribution in [-0.4, -0.2) is 17.0 Å². The quantitative estimate of drug-likeness (QED) is 0.638. The first-order valence-electron chi connectivity index (χ1n) is 8.38. The molecule has 0 radical (unpaired) electrons. The van der Waals surface area contributed by atoms with E-state index in [0.29, 0.717) is 33.3 Å². The minimum absolute atomic E-state index is 0.0117. The van der Waals surface area contributed by atoms with Crippen molar-refractivity contribution >= 4 is 40.5 Å². The third kappa shape index (κ3) is 3.59. The maximum atomic E-state index is 12.8. The van der Waals surface area contributed by atoms with Gasteiger partial charge in [-0.15, -0.1) is 0 Å². The monoisotopic (exact) mass is 397 g/mol. The number of benzene rings is 2. The number of halogens is 1. The van der Waals surface area contributed by atoms with Crippen LogP contribution in [0.4, 0.5) is 5.69 Å². The molecule has 136 valence electrons. The molecule has 4 rings (SSSR count). The fourth-order valence-electron chi connectivity index (χ4n) is 2.94. The zero-order valence-corrected chi connectivity index (χ0v) is 16.1. The highest BCUT2D eigenvalue weighted by atomic mass is 35.5. The first-order valence-corrected chi connectivity index (χ1v) is 9.58. The molecule has 0 atom stereocenters. The van der Waals surface area contributed by atoms with Crippen molar-refractivity contribution in [3.63, 3.8) is 0 Å². The highest BCUT2D eigenvalue weighted by Crippen LogP contribution is 2.18. The van der Waals surface area contributed by atoms with Crippen LogP contribution in [0.3, 0.4) is 0 Å². The van der Waals surface area contributed by atoms with Gasteiger partial charge in [-0.2, -0.15) is 0 Å². The summed E-state index contributed by atoms with van der Waals surface area (Å²) >= 11 is 7.40. The summed E-state index contributed by atoms with van der Waals surface area (Å²) in [5.74, 6) is 0.0117. The molecule has 1 aliphatic rings. The Hall–Kier alpha value is -2.70. The molecule has 0 N–H and O–H groups in total. The maximum absolute atomic E-state index is 12.8. The van der Waals surface area contributed by atoms with E-state index in [9.17, 15) is 9.59 Å². The summed E-state index contributed by atoms with van der Waals surface area (Å²) in [6, 6.07) is 14.8. The van der Waals surface area contributed by atoms with Crippen molar-refractivity contribution in [2.45, 2.75) is 13.6 Å². The number of ketones is 1. The molecule has 2 heterocycles. The van der Waals surface area contributed by atoms with E-state index in [1.807, 2.05) is 47.4 Å². The molecule has 0 amide bonds. The molecule has 3 aromatic rings. The molecular weight excluding hydrogens is 382 g/mol. The Kier molecular flexibility index (Phi) is 4.68. The lowest BCUT2D eigenvalue weighted by atomic mass is 10.1. The number of hydrogen-bond donors (Lipinski definition) is 0. The van der Waals surface area contributed by atoms with Gasteiger partial charge in [-0.3, -0.25) is 14.2 Å². The molecular formula is C20H16ClN3O2S. The van der Waals surface area contributed by atoms with Crippen molar-refractivity contribution in [3.05, 3.63) is 84.4 Å². The Balaban J connectivity index is 1.70. The second-order valence-electron chi connectivity index (χ2n) is 6.27. The number of carbonyl (C=O) groups is 1. The first kappa shape index (κ1) is 17.7. The van der Waals surface area contributed by atoms with Crippen molar-refractivity contribution in [3.8, 4) is 0 Å². The lowest BCUT2D eigenvalue weighted by Crippen LogP contribution is -2.42. The summed E-state index contributed by atoms with van der Waals surface area (Å²) in [4.78, 5) is 31.7. The standard InChI is InChI=1S/C20H16ClN3O2S/c1-13(25)15-5-3-7-17(10-15)23-11-22-20-24(12-23)19(26)18(27-20)9-14-4-2-6-16(21)8-14/h2-10H,11-12H2,1H3/b18-9-. The minimum Gasteiger partial charge on any atom is -0.334 e. The summed E-state index contributed by atoms with van der Waals surface area (Å²) in [7, 11) is 0. The van der Waals surface area contributed by atoms with E-state index >= 15 is 0 Å². The van der Waals surface area contributed by atoms with Crippen LogP contribution in [0.25, 0.3) is 6.08 Å². The molecule has 2 aromatic carbocycles. The van der Waals surface area contributed by atoms with Crippen molar-refractivity contribution < 1.29 is 4.79 Å². The Morgan fingerprint density at radius 3 is 2.81 bits per heavy atom. The predicted octanol–water partition coefficient (Wildman–Crippen LogP) is 2.65. The van der Waals surface area contributed by atoms with Gasteiger partial charge < -0.3 is 4.90 Å². The maximum Gasteiger partial charge on any atom is 0.271 e. The molecule has 27 heavy (non-hydrogen) atoms. The second-order valence-corrected chi connectivity index (χ2v) is 7.71. The third-order valence-corrected chi connectivity index (χ3v) is 5.62. The van der Waals surface area contributed by atoms with E-state index in [0.717, 1.165) is 11.3 Å². The zero-order chi connectivity index (χ0) is 19.0. The molecule has 0 bridgehead atoms. The lowest BCUT2D eigenvalue weighted by molar-refractivity contribution is 0.101. The number of Topliss-reactive ketones (excluding diaryl/α,β-unsaturated/α-hetero) is 1. The fraction of sp³-hybridized carbons (Fsp3) is 0.150. The first-order chi connectivity index (χ1) is 13.0. The molecule has 7 heteroatoms. The van der Waals surface area contributed by atoms with Crippen LogP contribution in [0.5, 0.6) is 0 Å². The molecule has 0 saturated carbocycles. The summed E-state index contributed by atoms with van der Waals surface area (Å²) in [5, 5.41) is 0.631. The molecule has 0 spiro atoms. The number of hydrogen-bond acceptors (Lipinski definition) is 5. The molecule has 1 aliphatic heterocycles. The van der Waals surface area contributed by atoms with Gasteiger partial charge in [-0.05, 0) is 42.8 Å². The van der Waals surface area contributed by atoms with Crippen LogP contribution < -0.4 is 19.8 Å². The van der Waals surface area contributed by atoms with Crippen LogP contribution >= 0.6 is 22.9 Å². The van der Waals surface area contributed by atoms with Crippen molar-refractivity contribution in [2.75, 3.05) is 11.6 Å². The fourth-order valence-corrected chi connectivity index (χ4v) is 4.11. The smallest absolute Gasteiger partial charge is 0.271 e. The highest BCUT2D eigenvalue weighted by molar-refractivity contribution is 7.07. The SMILES string of the molecule is CC(=O)c1cccc(N2CN=c3s/c(=C\c4cccc(Cl)c4)c(=O)n3C2)c1. The molecule has 1 aromatic heterocycles. The molecule has 0 unspecified atom stereocenters. The summed E-state index contributed by atoms with van der Waals surface area (Å²) in [6.07, 6.45) is 1.83. The van der Waals surface area contributed by atoms with Crippen LogP contribution in [-0.2, 0) is 6.67 Å². The van der Waals surface area contributed by atoms with Gasteiger partial charge in [-0.25, -0.2) is 4.99 Å². The number of anilines is 1. The highest BCUT2D eigenvalue weighted by Gasteiger charge is 2.16. The van der Waals surface area contributed by atoms with Crippen LogP contribution in [0.2, 0.25) is 5.02 Å². The summed E-state index contributed by atoms with van der Waals surface area (Å²) in [6.45, 7) is 2.38. The van der Waals surface area contributed by atoms with Gasteiger partial charge in [0.15, 0.2) is 10.6 Å². The van der Waals surface area contributed by atoms with Crippen molar-refractivity contribution in [1.82, 2.24) is 4.57 Å². The van der Waals surface area contributed by atoms with Gasteiger partial charge >= 0.3 is 0 Å². The van der Waals surface area contributed by atoms with Gasteiger partial charge in [-0.1, -0.05) is 47.2 Å². The third-order valence-electron chi connectivity index (χ3n) is 4.34. The Morgan fingerprint density at radius 2 is 2.04 bits per heavy atom. The number of aromatic nitrogens is 1. The summed E-state index contributed by atoms with van der Waals surface area (Å²) < 4.78 is 2.28. The van der Waals surface area contributed by atoms with Gasteiger partial charge in [0.25, 0.3) is 5.56 Å². The normalized spacial score (nSPS) is 14.0. The number of nitrogens with zero attached hydrogens (tertiary/aromatic N) is 3. The van der Waals surface area contributed by atoms with Gasteiger partial charge in [0.1, 0.15) is 13.3 Å². The van der Waals surface area contributed by atoms with E-state index in [1.165, 1.54) is 11.3 Å². The van der Waals surface area contributed by atoms with Gasteiger partial charge in [0.05, 0.1) is 4.53 Å². The van der Waals surface area contributed by atoms with Crippen LogP contribution in [0.15, 0.2) is 58.3 Å². The average Bonchev–Trinajstić information content (AvgIpc) is 2.97. The van der Waals surface area contributed by atoms with E-state index in [1.54, 1.807) is 23.6 Å². The minimum atomic E-state index is -0.0776. The number of carbonyl (C=O) groups excluding carboxylic acids is 1.